The van der Waals surface area contributed by atoms with Crippen LogP contribution in [0, 0.1) is 5.92 Å². The van der Waals surface area contributed by atoms with Gasteiger partial charge in [0.15, 0.2) is 0 Å². The van der Waals surface area contributed by atoms with Crippen LogP contribution in [0.5, 0.6) is 5.75 Å². The summed E-state index contributed by atoms with van der Waals surface area (Å²) in [6.45, 7) is 0.0897. The summed E-state index contributed by atoms with van der Waals surface area (Å²) in [7, 11) is -2.53. The van der Waals surface area contributed by atoms with E-state index in [0.29, 0.717) is 18.6 Å². The molecule has 1 amide bonds. The summed E-state index contributed by atoms with van der Waals surface area (Å²) >= 11 is 11.6. The van der Waals surface area contributed by atoms with E-state index in [1.54, 1.807) is 0 Å². The van der Waals surface area contributed by atoms with E-state index in [9.17, 15) is 26.4 Å². The molecule has 0 bridgehead atoms. The van der Waals surface area contributed by atoms with E-state index in [2.05, 4.69) is 5.32 Å². The molecule has 1 aliphatic heterocycles. The monoisotopic (exact) mass is 510 g/mol. The Morgan fingerprint density at radius 2 is 1.88 bits per heavy atom. The van der Waals surface area contributed by atoms with Gasteiger partial charge in [0.05, 0.1) is 33.5 Å². The number of benzene rings is 2. The summed E-state index contributed by atoms with van der Waals surface area (Å²) in [5, 5.41) is 2.08. The highest BCUT2D eigenvalue weighted by Gasteiger charge is 2.35. The molecular formula is C20H19Cl2F3N2O4S. The van der Waals surface area contributed by atoms with Crippen LogP contribution >= 0.6 is 23.2 Å². The van der Waals surface area contributed by atoms with Crippen molar-refractivity contribution < 1.29 is 31.1 Å². The van der Waals surface area contributed by atoms with Crippen LogP contribution in [0.3, 0.4) is 0 Å². The molecular weight excluding hydrogens is 492 g/mol. The summed E-state index contributed by atoms with van der Waals surface area (Å²) in [4.78, 5) is 12.6. The molecule has 0 unspecified atom stereocenters. The average molecular weight is 511 g/mol. The first-order valence-corrected chi connectivity index (χ1v) is 11.6. The standard InChI is InChI=1S/C20H19Cl2F3N2O4S/c1-31-18-7-5-14(10-17(18)22)32(29,30)27-8-2-3-12(11-27)19(28)26-13-4-6-16(21)15(9-13)20(23,24)25/h4-7,9-10,12H,2-3,8,11H2,1H3,(H,26,28)/t12-/m1/s1. The van der Waals surface area contributed by atoms with E-state index >= 15 is 0 Å². The topological polar surface area (TPSA) is 75.7 Å². The summed E-state index contributed by atoms with van der Waals surface area (Å²) in [5.41, 5.74) is -1.14. The molecule has 0 aromatic heterocycles. The maximum absolute atomic E-state index is 13.1. The number of carbonyl (C=O) groups excluding carboxylic acids is 1. The third-order valence-electron chi connectivity index (χ3n) is 5.06. The van der Waals surface area contributed by atoms with Gasteiger partial charge in [0, 0.05) is 18.8 Å². The first-order chi connectivity index (χ1) is 14.9. The molecule has 0 aliphatic carbocycles. The average Bonchev–Trinajstić information content (AvgIpc) is 2.74. The predicted octanol–water partition coefficient (Wildman–Crippen LogP) is 5.06. The lowest BCUT2D eigenvalue weighted by molar-refractivity contribution is -0.137. The Balaban J connectivity index is 1.76. The number of piperidine rings is 1. The third-order valence-corrected chi connectivity index (χ3v) is 7.54. The van der Waals surface area contributed by atoms with E-state index < -0.39 is 38.6 Å². The number of methoxy groups -OCH3 is 1. The van der Waals surface area contributed by atoms with Crippen LogP contribution in [0.15, 0.2) is 41.3 Å². The van der Waals surface area contributed by atoms with Crippen molar-refractivity contribution in [3.05, 3.63) is 52.0 Å². The summed E-state index contributed by atoms with van der Waals surface area (Å²) < 4.78 is 71.4. The minimum Gasteiger partial charge on any atom is -0.495 e. The highest BCUT2D eigenvalue weighted by Crippen LogP contribution is 2.36. The highest BCUT2D eigenvalue weighted by atomic mass is 35.5. The van der Waals surface area contributed by atoms with Crippen molar-refractivity contribution in [2.75, 3.05) is 25.5 Å². The Bertz CT molecular complexity index is 1130. The number of anilines is 1. The first-order valence-electron chi connectivity index (χ1n) is 9.45. The van der Waals surface area contributed by atoms with E-state index in [1.807, 2.05) is 0 Å². The summed E-state index contributed by atoms with van der Waals surface area (Å²) in [6, 6.07) is 7.11. The Hall–Kier alpha value is -2.01. The molecule has 0 radical (unpaired) electrons. The Morgan fingerprint density at radius 1 is 1.16 bits per heavy atom. The lowest BCUT2D eigenvalue weighted by Gasteiger charge is -2.31. The number of sulfonamides is 1. The zero-order valence-electron chi connectivity index (χ0n) is 16.7. The summed E-state index contributed by atoms with van der Waals surface area (Å²) in [6.07, 6.45) is -3.87. The minimum absolute atomic E-state index is 0.0446. The Morgan fingerprint density at radius 3 is 2.50 bits per heavy atom. The lowest BCUT2D eigenvalue weighted by Crippen LogP contribution is -2.43. The van der Waals surface area contributed by atoms with Gasteiger partial charge in [-0.3, -0.25) is 4.79 Å². The molecule has 1 aliphatic rings. The highest BCUT2D eigenvalue weighted by molar-refractivity contribution is 7.89. The van der Waals surface area contributed by atoms with Crippen molar-refractivity contribution in [2.45, 2.75) is 23.9 Å². The van der Waals surface area contributed by atoms with Gasteiger partial charge in [-0.15, -0.1) is 0 Å². The number of alkyl halides is 3. The summed E-state index contributed by atoms with van der Waals surface area (Å²) in [5.74, 6) is -0.993. The molecule has 6 nitrogen and oxygen atoms in total. The smallest absolute Gasteiger partial charge is 0.417 e. The second kappa shape index (κ2) is 9.46. The van der Waals surface area contributed by atoms with Crippen LogP contribution in [0.25, 0.3) is 0 Å². The Labute approximate surface area is 193 Å². The zero-order valence-corrected chi connectivity index (χ0v) is 19.1. The molecule has 1 atom stereocenters. The van der Waals surface area contributed by atoms with E-state index in [1.165, 1.54) is 35.7 Å². The fraction of sp³-hybridized carbons (Fsp3) is 0.350. The molecule has 1 N–H and O–H groups in total. The van der Waals surface area contributed by atoms with Crippen molar-refractivity contribution in [3.63, 3.8) is 0 Å². The van der Waals surface area contributed by atoms with Crippen LogP contribution < -0.4 is 10.1 Å². The molecule has 32 heavy (non-hydrogen) atoms. The third kappa shape index (κ3) is 5.31. The van der Waals surface area contributed by atoms with Crippen LogP contribution in [0.1, 0.15) is 18.4 Å². The maximum atomic E-state index is 13.1. The first kappa shape index (κ1) is 24.6. The number of rotatable bonds is 5. The van der Waals surface area contributed by atoms with Gasteiger partial charge in [-0.05, 0) is 49.2 Å². The van der Waals surface area contributed by atoms with Crippen molar-refractivity contribution in [2.24, 2.45) is 5.92 Å². The van der Waals surface area contributed by atoms with Gasteiger partial charge in [0.1, 0.15) is 5.75 Å². The number of carbonyl (C=O) groups is 1. The lowest BCUT2D eigenvalue weighted by atomic mass is 9.98. The van der Waals surface area contributed by atoms with Crippen molar-refractivity contribution in [3.8, 4) is 5.75 Å². The number of amides is 1. The molecule has 1 heterocycles. The second-order valence-electron chi connectivity index (χ2n) is 7.18. The van der Waals surface area contributed by atoms with Crippen LogP contribution in [-0.2, 0) is 21.0 Å². The number of halogens is 5. The quantitative estimate of drug-likeness (QED) is 0.609. The second-order valence-corrected chi connectivity index (χ2v) is 9.93. The van der Waals surface area contributed by atoms with E-state index in [4.69, 9.17) is 27.9 Å². The van der Waals surface area contributed by atoms with E-state index in [-0.39, 0.29) is 28.7 Å². The molecule has 0 spiro atoms. The number of hydrogen-bond donors (Lipinski definition) is 1. The molecule has 2 aromatic carbocycles. The van der Waals surface area contributed by atoms with Crippen molar-refractivity contribution in [1.82, 2.24) is 4.31 Å². The number of hydrogen-bond acceptors (Lipinski definition) is 4. The molecule has 1 fully saturated rings. The molecule has 1 saturated heterocycles. The van der Waals surface area contributed by atoms with Gasteiger partial charge >= 0.3 is 6.18 Å². The van der Waals surface area contributed by atoms with Gasteiger partial charge in [0.25, 0.3) is 0 Å². The Kier molecular flexibility index (Phi) is 7.28. The number of nitrogens with one attached hydrogen (secondary N) is 1. The molecule has 2 aromatic rings. The van der Waals surface area contributed by atoms with Gasteiger partial charge in [-0.25, -0.2) is 8.42 Å². The minimum atomic E-state index is -4.67. The normalized spacial score (nSPS) is 17.8. The molecule has 0 saturated carbocycles. The van der Waals surface area contributed by atoms with Gasteiger partial charge in [0.2, 0.25) is 15.9 Å². The van der Waals surface area contributed by atoms with Crippen LogP contribution in [0.4, 0.5) is 18.9 Å². The number of nitrogens with zero attached hydrogens (tertiary/aromatic N) is 1. The fourth-order valence-corrected chi connectivity index (χ4v) is 5.49. The largest absolute Gasteiger partial charge is 0.495 e. The van der Waals surface area contributed by atoms with Crippen molar-refractivity contribution >= 4 is 44.8 Å². The van der Waals surface area contributed by atoms with Gasteiger partial charge in [-0.1, -0.05) is 23.2 Å². The fourth-order valence-electron chi connectivity index (χ4n) is 3.40. The molecule has 12 heteroatoms. The van der Waals surface area contributed by atoms with Crippen molar-refractivity contribution in [1.29, 1.82) is 0 Å². The van der Waals surface area contributed by atoms with Crippen LogP contribution in [-0.4, -0.2) is 38.8 Å². The van der Waals surface area contributed by atoms with Gasteiger partial charge < -0.3 is 10.1 Å². The predicted molar refractivity (Wildman–Crippen MR) is 115 cm³/mol. The SMILES string of the molecule is COc1ccc(S(=O)(=O)N2CCC[C@@H](C(=O)Nc3ccc(Cl)c(C(F)(F)F)c3)C2)cc1Cl. The molecule has 3 rings (SSSR count). The van der Waals surface area contributed by atoms with E-state index in [0.717, 1.165) is 12.1 Å². The number of ether oxygens (including phenoxy) is 1. The maximum Gasteiger partial charge on any atom is 0.417 e. The molecule has 174 valence electrons. The van der Waals surface area contributed by atoms with Gasteiger partial charge in [-0.2, -0.15) is 17.5 Å². The zero-order chi connectivity index (χ0) is 23.7. The van der Waals surface area contributed by atoms with Crippen LogP contribution in [0.2, 0.25) is 10.0 Å².